The molecule has 2 rings (SSSR count). The molecule has 0 aromatic heterocycles. The monoisotopic (exact) mass is 260 g/mol. The van der Waals surface area contributed by atoms with Crippen molar-refractivity contribution in [2.45, 2.75) is 12.8 Å². The average Bonchev–Trinajstić information content (AvgIpc) is 2.46. The van der Waals surface area contributed by atoms with Crippen molar-refractivity contribution in [3.63, 3.8) is 0 Å². The van der Waals surface area contributed by atoms with Crippen LogP contribution in [0.3, 0.4) is 0 Å². The van der Waals surface area contributed by atoms with Crippen molar-refractivity contribution in [1.82, 2.24) is 4.90 Å². The smallest absolute Gasteiger partial charge is 0.246 e. The molecular weight excluding hydrogens is 240 g/mol. The van der Waals surface area contributed by atoms with Gasteiger partial charge in [0.05, 0.1) is 0 Å². The molecule has 0 aliphatic carbocycles. The summed E-state index contributed by atoms with van der Waals surface area (Å²) in [5, 5.41) is 9.06. The van der Waals surface area contributed by atoms with Crippen molar-refractivity contribution in [1.29, 1.82) is 0 Å². The van der Waals surface area contributed by atoms with Gasteiger partial charge in [0.15, 0.2) is 0 Å². The maximum Gasteiger partial charge on any atom is 0.246 e. The van der Waals surface area contributed by atoms with Crippen LogP contribution in [0.4, 0.5) is 5.69 Å². The molecule has 1 amide bonds. The second-order valence-corrected chi connectivity index (χ2v) is 4.95. The maximum atomic E-state index is 12.0. The zero-order chi connectivity index (χ0) is 13.7. The number of nitrogen functional groups attached to an aromatic ring is 1. The summed E-state index contributed by atoms with van der Waals surface area (Å²) in [6.07, 6.45) is 5.18. The first-order chi connectivity index (χ1) is 9.19. The largest absolute Gasteiger partial charge is 0.399 e. The van der Waals surface area contributed by atoms with E-state index in [4.69, 9.17) is 10.8 Å². The first-order valence-corrected chi connectivity index (χ1v) is 6.62. The minimum atomic E-state index is 0.0354. The summed E-state index contributed by atoms with van der Waals surface area (Å²) in [4.78, 5) is 13.8. The van der Waals surface area contributed by atoms with Gasteiger partial charge in [-0.2, -0.15) is 0 Å². The third-order valence-corrected chi connectivity index (χ3v) is 3.54. The topological polar surface area (TPSA) is 66.6 Å². The Kier molecular flexibility index (Phi) is 4.58. The van der Waals surface area contributed by atoms with Gasteiger partial charge >= 0.3 is 0 Å². The van der Waals surface area contributed by atoms with Gasteiger partial charge in [0.25, 0.3) is 0 Å². The number of aliphatic hydroxyl groups excluding tert-OH is 1. The zero-order valence-electron chi connectivity index (χ0n) is 11.0. The van der Waals surface area contributed by atoms with Crippen LogP contribution in [-0.4, -0.2) is 35.6 Å². The Bertz CT molecular complexity index is 446. The molecule has 3 N–H and O–H groups in total. The summed E-state index contributed by atoms with van der Waals surface area (Å²) in [6, 6.07) is 7.40. The van der Waals surface area contributed by atoms with Gasteiger partial charge in [0, 0.05) is 31.5 Å². The molecule has 1 saturated heterocycles. The molecular formula is C15H20N2O2. The lowest BCUT2D eigenvalue weighted by Gasteiger charge is -2.30. The van der Waals surface area contributed by atoms with Crippen molar-refractivity contribution in [3.05, 3.63) is 35.9 Å². The summed E-state index contributed by atoms with van der Waals surface area (Å²) >= 11 is 0. The van der Waals surface area contributed by atoms with Crippen molar-refractivity contribution in [2.75, 3.05) is 25.4 Å². The van der Waals surface area contributed by atoms with Crippen molar-refractivity contribution < 1.29 is 9.90 Å². The van der Waals surface area contributed by atoms with E-state index in [1.54, 1.807) is 12.2 Å². The number of nitrogens with two attached hydrogens (primary N) is 1. The van der Waals surface area contributed by atoms with Crippen molar-refractivity contribution >= 4 is 17.7 Å². The summed E-state index contributed by atoms with van der Waals surface area (Å²) < 4.78 is 0. The van der Waals surface area contributed by atoms with Gasteiger partial charge in [-0.15, -0.1) is 0 Å². The van der Waals surface area contributed by atoms with Gasteiger partial charge in [-0.25, -0.2) is 0 Å². The first kappa shape index (κ1) is 13.6. The first-order valence-electron chi connectivity index (χ1n) is 6.62. The van der Waals surface area contributed by atoms with Gasteiger partial charge < -0.3 is 15.7 Å². The van der Waals surface area contributed by atoms with E-state index in [2.05, 4.69) is 0 Å². The number of hydrogen-bond acceptors (Lipinski definition) is 3. The molecule has 4 nitrogen and oxygen atoms in total. The third-order valence-electron chi connectivity index (χ3n) is 3.54. The molecule has 1 aromatic carbocycles. The molecule has 0 atom stereocenters. The molecule has 0 bridgehead atoms. The number of anilines is 1. The lowest BCUT2D eigenvalue weighted by molar-refractivity contribution is -0.127. The normalized spacial score (nSPS) is 17.0. The molecule has 4 heteroatoms. The lowest BCUT2D eigenvalue weighted by atomic mass is 9.98. The number of nitrogens with zero attached hydrogens (tertiary/aromatic N) is 1. The highest BCUT2D eigenvalue weighted by atomic mass is 16.3. The molecule has 1 heterocycles. The van der Waals surface area contributed by atoms with E-state index in [1.165, 1.54) is 0 Å². The molecule has 102 valence electrons. The number of carbonyl (C=O) groups excluding carboxylic acids is 1. The van der Waals surface area contributed by atoms with Gasteiger partial charge in [-0.3, -0.25) is 4.79 Å². The van der Waals surface area contributed by atoms with E-state index < -0.39 is 0 Å². The second kappa shape index (κ2) is 6.38. The number of likely N-dealkylation sites (tertiary alicyclic amines) is 1. The molecule has 1 aliphatic heterocycles. The molecule has 0 unspecified atom stereocenters. The SMILES string of the molecule is Nc1ccc(/C=C/C(=O)N2CCC(CO)CC2)cc1. The van der Waals surface area contributed by atoms with Crippen LogP contribution >= 0.6 is 0 Å². The van der Waals surface area contributed by atoms with E-state index in [0.29, 0.717) is 5.92 Å². The van der Waals surface area contributed by atoms with Gasteiger partial charge in [0.2, 0.25) is 5.91 Å². The second-order valence-electron chi connectivity index (χ2n) is 4.95. The standard InChI is InChI=1S/C15H20N2O2/c16-14-4-1-12(2-5-14)3-6-15(19)17-9-7-13(11-18)8-10-17/h1-6,13,18H,7-11,16H2/b6-3+. The minimum absolute atomic E-state index is 0.0354. The molecule has 0 radical (unpaired) electrons. The number of aliphatic hydroxyl groups is 1. The van der Waals surface area contributed by atoms with Gasteiger partial charge in [-0.05, 0) is 42.5 Å². The van der Waals surface area contributed by atoms with E-state index in [1.807, 2.05) is 29.2 Å². The number of hydrogen-bond donors (Lipinski definition) is 2. The number of rotatable bonds is 3. The predicted molar refractivity (Wildman–Crippen MR) is 76.3 cm³/mol. The Balaban J connectivity index is 1.89. The number of carbonyl (C=O) groups is 1. The Morgan fingerprint density at radius 2 is 1.95 bits per heavy atom. The van der Waals surface area contributed by atoms with Crippen molar-refractivity contribution in [3.8, 4) is 0 Å². The highest BCUT2D eigenvalue weighted by molar-refractivity contribution is 5.91. The van der Waals surface area contributed by atoms with Crippen LogP contribution in [0.5, 0.6) is 0 Å². The van der Waals surface area contributed by atoms with Gasteiger partial charge in [-0.1, -0.05) is 12.1 Å². The highest BCUT2D eigenvalue weighted by Gasteiger charge is 2.20. The summed E-state index contributed by atoms with van der Waals surface area (Å²) in [5.41, 5.74) is 7.29. The van der Waals surface area contributed by atoms with E-state index in [-0.39, 0.29) is 12.5 Å². The van der Waals surface area contributed by atoms with Gasteiger partial charge in [0.1, 0.15) is 0 Å². The van der Waals surface area contributed by atoms with Crippen LogP contribution in [0.1, 0.15) is 18.4 Å². The average molecular weight is 260 g/mol. The zero-order valence-corrected chi connectivity index (χ0v) is 11.0. The third kappa shape index (κ3) is 3.83. The summed E-state index contributed by atoms with van der Waals surface area (Å²) in [7, 11) is 0. The minimum Gasteiger partial charge on any atom is -0.399 e. The van der Waals surface area contributed by atoms with Crippen LogP contribution in [0.25, 0.3) is 6.08 Å². The Morgan fingerprint density at radius 1 is 1.32 bits per heavy atom. The number of benzene rings is 1. The Hall–Kier alpha value is -1.81. The fraction of sp³-hybridized carbons (Fsp3) is 0.400. The molecule has 19 heavy (non-hydrogen) atoms. The summed E-state index contributed by atoms with van der Waals surface area (Å²) in [5.74, 6) is 0.387. The predicted octanol–water partition coefficient (Wildman–Crippen LogP) is 1.51. The van der Waals surface area contributed by atoms with E-state index in [0.717, 1.165) is 37.2 Å². The number of piperidine rings is 1. The van der Waals surface area contributed by atoms with Crippen LogP contribution in [0, 0.1) is 5.92 Å². The molecule has 0 saturated carbocycles. The highest BCUT2D eigenvalue weighted by Crippen LogP contribution is 2.16. The lowest BCUT2D eigenvalue weighted by Crippen LogP contribution is -2.38. The van der Waals surface area contributed by atoms with E-state index >= 15 is 0 Å². The van der Waals surface area contributed by atoms with E-state index in [9.17, 15) is 4.79 Å². The molecule has 1 aromatic rings. The summed E-state index contributed by atoms with van der Waals surface area (Å²) in [6.45, 7) is 1.69. The van der Waals surface area contributed by atoms with Crippen LogP contribution in [-0.2, 0) is 4.79 Å². The molecule has 1 fully saturated rings. The van der Waals surface area contributed by atoms with Crippen LogP contribution in [0.15, 0.2) is 30.3 Å². The van der Waals surface area contributed by atoms with Crippen molar-refractivity contribution in [2.24, 2.45) is 5.92 Å². The molecule has 0 spiro atoms. The molecule has 1 aliphatic rings. The quantitative estimate of drug-likeness (QED) is 0.639. The maximum absolute atomic E-state index is 12.0. The van der Waals surface area contributed by atoms with Crippen LogP contribution in [0.2, 0.25) is 0 Å². The fourth-order valence-corrected chi connectivity index (χ4v) is 2.22. The van der Waals surface area contributed by atoms with Crippen LogP contribution < -0.4 is 5.73 Å². The fourth-order valence-electron chi connectivity index (χ4n) is 2.22. The Labute approximate surface area is 113 Å². The number of amides is 1. The Morgan fingerprint density at radius 3 is 2.53 bits per heavy atom.